The minimum absolute atomic E-state index is 0.182. The SMILES string of the molecule is COc1c(C)cc(C[C@H](N)C(=O)O)cc1C=O. The maximum absolute atomic E-state index is 10.9. The molecular formula is C12H15NO4. The van der Waals surface area contributed by atoms with Crippen LogP contribution in [0.2, 0.25) is 0 Å². The maximum atomic E-state index is 10.9. The number of carboxylic acids is 1. The van der Waals surface area contributed by atoms with Gasteiger partial charge in [0.05, 0.1) is 12.7 Å². The van der Waals surface area contributed by atoms with Crippen molar-refractivity contribution < 1.29 is 19.4 Å². The number of hydrogen-bond donors (Lipinski definition) is 2. The molecule has 0 aliphatic heterocycles. The number of carbonyl (C=O) groups excluding carboxylic acids is 1. The molecule has 1 atom stereocenters. The van der Waals surface area contributed by atoms with Crippen molar-refractivity contribution in [1.82, 2.24) is 0 Å². The molecule has 0 saturated heterocycles. The van der Waals surface area contributed by atoms with Crippen molar-refractivity contribution >= 4 is 12.3 Å². The van der Waals surface area contributed by atoms with Crippen LogP contribution in [0.3, 0.4) is 0 Å². The Kier molecular flexibility index (Phi) is 4.23. The summed E-state index contributed by atoms with van der Waals surface area (Å²) in [6.07, 6.45) is 0.864. The summed E-state index contributed by atoms with van der Waals surface area (Å²) in [4.78, 5) is 21.5. The highest BCUT2D eigenvalue weighted by Gasteiger charge is 2.14. The number of hydrogen-bond acceptors (Lipinski definition) is 4. The summed E-state index contributed by atoms with van der Waals surface area (Å²) in [6, 6.07) is 2.40. The first-order valence-corrected chi connectivity index (χ1v) is 5.10. The fourth-order valence-corrected chi connectivity index (χ4v) is 1.70. The van der Waals surface area contributed by atoms with E-state index in [0.29, 0.717) is 23.2 Å². The van der Waals surface area contributed by atoms with E-state index in [1.54, 1.807) is 19.1 Å². The molecule has 17 heavy (non-hydrogen) atoms. The van der Waals surface area contributed by atoms with Crippen LogP contribution in [-0.4, -0.2) is 30.5 Å². The quantitative estimate of drug-likeness (QED) is 0.738. The van der Waals surface area contributed by atoms with Crippen LogP contribution in [0.5, 0.6) is 5.75 Å². The third-order valence-electron chi connectivity index (χ3n) is 2.47. The van der Waals surface area contributed by atoms with Gasteiger partial charge in [-0.3, -0.25) is 9.59 Å². The van der Waals surface area contributed by atoms with Gasteiger partial charge in [-0.05, 0) is 30.5 Å². The van der Waals surface area contributed by atoms with Gasteiger partial charge in [0, 0.05) is 0 Å². The van der Waals surface area contributed by atoms with Crippen LogP contribution in [-0.2, 0) is 11.2 Å². The van der Waals surface area contributed by atoms with Crippen molar-refractivity contribution in [2.75, 3.05) is 7.11 Å². The zero-order valence-corrected chi connectivity index (χ0v) is 9.77. The first kappa shape index (κ1) is 13.2. The molecule has 1 aromatic rings. The summed E-state index contributed by atoms with van der Waals surface area (Å²) in [5, 5.41) is 8.72. The molecule has 0 unspecified atom stereocenters. The molecule has 0 radical (unpaired) electrons. The number of carbonyl (C=O) groups is 2. The highest BCUT2D eigenvalue weighted by Crippen LogP contribution is 2.24. The van der Waals surface area contributed by atoms with Crippen molar-refractivity contribution in [2.45, 2.75) is 19.4 Å². The van der Waals surface area contributed by atoms with Crippen LogP contribution >= 0.6 is 0 Å². The number of nitrogens with two attached hydrogens (primary N) is 1. The molecule has 0 aliphatic carbocycles. The Bertz CT molecular complexity index is 442. The highest BCUT2D eigenvalue weighted by atomic mass is 16.5. The second kappa shape index (κ2) is 5.45. The first-order valence-electron chi connectivity index (χ1n) is 5.10. The molecule has 0 saturated carbocycles. The maximum Gasteiger partial charge on any atom is 0.320 e. The van der Waals surface area contributed by atoms with E-state index in [9.17, 15) is 9.59 Å². The summed E-state index contributed by atoms with van der Waals surface area (Å²) in [5.74, 6) is -0.557. The van der Waals surface area contributed by atoms with Crippen molar-refractivity contribution in [3.8, 4) is 5.75 Å². The van der Waals surface area contributed by atoms with E-state index in [4.69, 9.17) is 15.6 Å². The predicted octanol–water partition coefficient (Wildman–Crippen LogP) is 0.771. The molecule has 5 nitrogen and oxygen atoms in total. The molecule has 0 spiro atoms. The molecule has 0 amide bonds. The standard InChI is InChI=1S/C12H15NO4/c1-7-3-8(5-10(13)12(15)16)4-9(6-14)11(7)17-2/h3-4,6,10H,5,13H2,1-2H3,(H,15,16)/t10-/m0/s1. The summed E-state index contributed by atoms with van der Waals surface area (Å²) < 4.78 is 5.10. The summed E-state index contributed by atoms with van der Waals surface area (Å²) in [5.41, 5.74) is 7.34. The van der Waals surface area contributed by atoms with Crippen molar-refractivity contribution in [2.24, 2.45) is 5.73 Å². The van der Waals surface area contributed by atoms with Gasteiger partial charge in [-0.1, -0.05) is 6.07 Å². The van der Waals surface area contributed by atoms with E-state index in [-0.39, 0.29) is 6.42 Å². The fraction of sp³-hybridized carbons (Fsp3) is 0.333. The van der Waals surface area contributed by atoms with E-state index in [0.717, 1.165) is 5.56 Å². The van der Waals surface area contributed by atoms with Crippen molar-refractivity contribution in [3.63, 3.8) is 0 Å². The molecule has 0 aliphatic rings. The molecule has 0 heterocycles. The van der Waals surface area contributed by atoms with E-state index in [1.165, 1.54) is 7.11 Å². The fourth-order valence-electron chi connectivity index (χ4n) is 1.70. The number of ether oxygens (including phenoxy) is 1. The summed E-state index contributed by atoms with van der Waals surface area (Å²) in [6.45, 7) is 1.79. The van der Waals surface area contributed by atoms with Gasteiger partial charge >= 0.3 is 5.97 Å². The summed E-state index contributed by atoms with van der Waals surface area (Å²) >= 11 is 0. The van der Waals surface area contributed by atoms with Gasteiger partial charge in [0.1, 0.15) is 11.8 Å². The van der Waals surface area contributed by atoms with Crippen LogP contribution in [0.1, 0.15) is 21.5 Å². The lowest BCUT2D eigenvalue weighted by atomic mass is 10.0. The van der Waals surface area contributed by atoms with Crippen molar-refractivity contribution in [3.05, 3.63) is 28.8 Å². The van der Waals surface area contributed by atoms with Crippen LogP contribution in [0.15, 0.2) is 12.1 Å². The normalized spacial score (nSPS) is 11.9. The largest absolute Gasteiger partial charge is 0.496 e. The molecular weight excluding hydrogens is 222 g/mol. The van der Waals surface area contributed by atoms with Crippen LogP contribution < -0.4 is 10.5 Å². The van der Waals surface area contributed by atoms with Gasteiger partial charge in [0.25, 0.3) is 0 Å². The lowest BCUT2D eigenvalue weighted by Gasteiger charge is -2.12. The number of aryl methyl sites for hydroxylation is 1. The molecule has 5 heteroatoms. The molecule has 0 aromatic heterocycles. The minimum Gasteiger partial charge on any atom is -0.496 e. The minimum atomic E-state index is -1.06. The molecule has 1 aromatic carbocycles. The Hall–Kier alpha value is -1.88. The van der Waals surface area contributed by atoms with Gasteiger partial charge < -0.3 is 15.6 Å². The predicted molar refractivity (Wildman–Crippen MR) is 62.4 cm³/mol. The Morgan fingerprint density at radius 1 is 1.59 bits per heavy atom. The van der Waals surface area contributed by atoms with Gasteiger partial charge in [-0.25, -0.2) is 0 Å². The van der Waals surface area contributed by atoms with Gasteiger partial charge in [-0.2, -0.15) is 0 Å². The Morgan fingerprint density at radius 2 is 2.24 bits per heavy atom. The third-order valence-corrected chi connectivity index (χ3v) is 2.47. The van der Waals surface area contributed by atoms with Crippen LogP contribution in [0, 0.1) is 6.92 Å². The topological polar surface area (TPSA) is 89.6 Å². The van der Waals surface area contributed by atoms with Gasteiger partial charge in [0.2, 0.25) is 0 Å². The first-order chi connectivity index (χ1) is 7.99. The number of carboxylic acid groups (broad SMARTS) is 1. The van der Waals surface area contributed by atoms with Gasteiger partial charge in [-0.15, -0.1) is 0 Å². The zero-order valence-electron chi connectivity index (χ0n) is 9.77. The number of methoxy groups -OCH3 is 1. The second-order valence-corrected chi connectivity index (χ2v) is 3.80. The Balaban J connectivity index is 3.07. The van der Waals surface area contributed by atoms with Crippen LogP contribution in [0.4, 0.5) is 0 Å². The monoisotopic (exact) mass is 237 g/mol. The van der Waals surface area contributed by atoms with E-state index in [2.05, 4.69) is 0 Å². The van der Waals surface area contributed by atoms with Crippen LogP contribution in [0.25, 0.3) is 0 Å². The average Bonchev–Trinajstić information content (AvgIpc) is 2.27. The number of rotatable bonds is 5. The Morgan fingerprint density at radius 3 is 2.71 bits per heavy atom. The molecule has 92 valence electrons. The zero-order chi connectivity index (χ0) is 13.0. The average molecular weight is 237 g/mol. The smallest absolute Gasteiger partial charge is 0.320 e. The third kappa shape index (κ3) is 3.04. The lowest BCUT2D eigenvalue weighted by molar-refractivity contribution is -0.138. The van der Waals surface area contributed by atoms with E-state index >= 15 is 0 Å². The van der Waals surface area contributed by atoms with Gasteiger partial charge in [0.15, 0.2) is 6.29 Å². The molecule has 0 fully saturated rings. The number of benzene rings is 1. The number of aldehydes is 1. The van der Waals surface area contributed by atoms with E-state index < -0.39 is 12.0 Å². The number of aliphatic carboxylic acids is 1. The summed E-state index contributed by atoms with van der Waals surface area (Å²) in [7, 11) is 1.48. The molecule has 0 bridgehead atoms. The molecule has 3 N–H and O–H groups in total. The molecule has 1 rings (SSSR count). The highest BCUT2D eigenvalue weighted by molar-refractivity contribution is 5.81. The lowest BCUT2D eigenvalue weighted by Crippen LogP contribution is -2.32. The second-order valence-electron chi connectivity index (χ2n) is 3.80. The van der Waals surface area contributed by atoms with Crippen molar-refractivity contribution in [1.29, 1.82) is 0 Å². The van der Waals surface area contributed by atoms with E-state index in [1.807, 2.05) is 0 Å². The Labute approximate surface area is 99.2 Å².